The highest BCUT2D eigenvalue weighted by Crippen LogP contribution is 2.23. The molecule has 1 aromatic carbocycles. The third-order valence-corrected chi connectivity index (χ3v) is 5.00. The number of carbonyl (C=O) groups excluding carboxylic acids is 2. The number of piperidine rings is 1. The van der Waals surface area contributed by atoms with Crippen molar-refractivity contribution in [1.29, 1.82) is 0 Å². The molecule has 140 valence electrons. The molecular weight excluding hydrogens is 336 g/mol. The highest BCUT2D eigenvalue weighted by atomic mass is 16.5. The second-order valence-electron chi connectivity index (χ2n) is 6.81. The molecule has 3 rings (SSSR count). The Morgan fingerprint density at radius 3 is 2.65 bits per heavy atom. The molecule has 0 radical (unpaired) electrons. The van der Waals surface area contributed by atoms with Crippen molar-refractivity contribution in [2.24, 2.45) is 5.92 Å². The minimum atomic E-state index is -0.942. The summed E-state index contributed by atoms with van der Waals surface area (Å²) in [5, 5.41) is 9.07. The van der Waals surface area contributed by atoms with E-state index < -0.39 is 12.0 Å². The van der Waals surface area contributed by atoms with Crippen molar-refractivity contribution < 1.29 is 24.2 Å². The number of ether oxygens (including phenoxy) is 1. The van der Waals surface area contributed by atoms with E-state index in [1.807, 2.05) is 18.2 Å². The summed E-state index contributed by atoms with van der Waals surface area (Å²) in [6.45, 7) is 2.08. The van der Waals surface area contributed by atoms with Gasteiger partial charge in [0.2, 0.25) is 5.91 Å². The normalized spacial score (nSPS) is 23.5. The SMILES string of the molecule is O=C(O)CC1COCCN1C(=O)C1CCCN(C(=O)c2ccccc2)C1. The van der Waals surface area contributed by atoms with Gasteiger partial charge in [0.25, 0.3) is 5.91 Å². The highest BCUT2D eigenvalue weighted by molar-refractivity contribution is 5.94. The minimum Gasteiger partial charge on any atom is -0.481 e. The van der Waals surface area contributed by atoms with Crippen molar-refractivity contribution in [2.45, 2.75) is 25.3 Å². The Labute approximate surface area is 152 Å². The van der Waals surface area contributed by atoms with E-state index in [9.17, 15) is 14.4 Å². The summed E-state index contributed by atoms with van der Waals surface area (Å²) in [6, 6.07) is 8.63. The molecule has 2 aliphatic heterocycles. The van der Waals surface area contributed by atoms with Gasteiger partial charge in [-0.1, -0.05) is 18.2 Å². The number of hydrogen-bond acceptors (Lipinski definition) is 4. The van der Waals surface area contributed by atoms with Crippen LogP contribution in [0.25, 0.3) is 0 Å². The van der Waals surface area contributed by atoms with Gasteiger partial charge in [0.1, 0.15) is 0 Å². The molecule has 2 heterocycles. The topological polar surface area (TPSA) is 87.2 Å². The number of carboxylic acids is 1. The number of morpholine rings is 1. The van der Waals surface area contributed by atoms with Crippen LogP contribution >= 0.6 is 0 Å². The van der Waals surface area contributed by atoms with E-state index >= 15 is 0 Å². The van der Waals surface area contributed by atoms with Gasteiger partial charge in [-0.05, 0) is 25.0 Å². The Kier molecular flexibility index (Phi) is 5.88. The molecule has 2 unspecified atom stereocenters. The quantitative estimate of drug-likeness (QED) is 0.873. The van der Waals surface area contributed by atoms with Crippen molar-refractivity contribution in [3.05, 3.63) is 35.9 Å². The van der Waals surface area contributed by atoms with Crippen LogP contribution in [0, 0.1) is 5.92 Å². The minimum absolute atomic E-state index is 0.0628. The van der Waals surface area contributed by atoms with Gasteiger partial charge >= 0.3 is 5.97 Å². The molecule has 26 heavy (non-hydrogen) atoms. The Hall–Kier alpha value is -2.41. The lowest BCUT2D eigenvalue weighted by atomic mass is 9.94. The fraction of sp³-hybridized carbons (Fsp3) is 0.526. The first kappa shape index (κ1) is 18.4. The van der Waals surface area contributed by atoms with Gasteiger partial charge in [-0.15, -0.1) is 0 Å². The van der Waals surface area contributed by atoms with E-state index in [0.717, 1.165) is 6.42 Å². The van der Waals surface area contributed by atoms with Crippen LogP contribution in [-0.4, -0.2) is 71.6 Å². The molecule has 0 aromatic heterocycles. The summed E-state index contributed by atoms with van der Waals surface area (Å²) >= 11 is 0. The lowest BCUT2D eigenvalue weighted by molar-refractivity contribution is -0.150. The fourth-order valence-electron chi connectivity index (χ4n) is 3.68. The van der Waals surface area contributed by atoms with Gasteiger partial charge in [0, 0.05) is 25.2 Å². The van der Waals surface area contributed by atoms with Gasteiger partial charge in [0.05, 0.1) is 31.6 Å². The maximum atomic E-state index is 13.0. The second kappa shape index (κ2) is 8.31. The van der Waals surface area contributed by atoms with E-state index in [1.165, 1.54) is 0 Å². The van der Waals surface area contributed by atoms with Gasteiger partial charge < -0.3 is 19.6 Å². The Balaban J connectivity index is 1.67. The van der Waals surface area contributed by atoms with Crippen molar-refractivity contribution in [3.63, 3.8) is 0 Å². The van der Waals surface area contributed by atoms with Crippen LogP contribution in [0.15, 0.2) is 30.3 Å². The third-order valence-electron chi connectivity index (χ3n) is 5.00. The lowest BCUT2D eigenvalue weighted by Crippen LogP contribution is -2.54. The number of amides is 2. The zero-order valence-electron chi connectivity index (χ0n) is 14.7. The lowest BCUT2D eigenvalue weighted by Gasteiger charge is -2.39. The number of likely N-dealkylation sites (tertiary alicyclic amines) is 1. The first-order chi connectivity index (χ1) is 12.6. The van der Waals surface area contributed by atoms with Gasteiger partial charge in [-0.3, -0.25) is 14.4 Å². The van der Waals surface area contributed by atoms with Gasteiger partial charge in [-0.2, -0.15) is 0 Å². The molecular formula is C19H24N2O5. The smallest absolute Gasteiger partial charge is 0.305 e. The standard InChI is InChI=1S/C19H24N2O5/c22-17(23)11-16-13-26-10-9-21(16)19(25)15-7-4-8-20(12-15)18(24)14-5-2-1-3-6-14/h1-3,5-6,15-16H,4,7-13H2,(H,22,23). The average Bonchev–Trinajstić information content (AvgIpc) is 2.67. The molecule has 0 saturated carbocycles. The van der Waals surface area contributed by atoms with E-state index in [0.29, 0.717) is 38.2 Å². The molecule has 1 N–H and O–H groups in total. The van der Waals surface area contributed by atoms with Crippen LogP contribution in [-0.2, 0) is 14.3 Å². The first-order valence-electron chi connectivity index (χ1n) is 9.00. The molecule has 2 amide bonds. The second-order valence-corrected chi connectivity index (χ2v) is 6.81. The van der Waals surface area contributed by atoms with Crippen LogP contribution in [0.3, 0.4) is 0 Å². The maximum Gasteiger partial charge on any atom is 0.305 e. The van der Waals surface area contributed by atoms with Crippen LogP contribution < -0.4 is 0 Å². The maximum absolute atomic E-state index is 13.0. The summed E-state index contributed by atoms with van der Waals surface area (Å²) in [7, 11) is 0. The van der Waals surface area contributed by atoms with Crippen molar-refractivity contribution in [3.8, 4) is 0 Å². The summed E-state index contributed by atoms with van der Waals surface area (Å²) in [5.41, 5.74) is 0.621. The van der Waals surface area contributed by atoms with Crippen LogP contribution in [0.5, 0.6) is 0 Å². The Morgan fingerprint density at radius 2 is 1.92 bits per heavy atom. The molecule has 7 nitrogen and oxygen atoms in total. The molecule has 2 atom stereocenters. The fourth-order valence-corrected chi connectivity index (χ4v) is 3.68. The summed E-state index contributed by atoms with van der Waals surface area (Å²) < 4.78 is 5.35. The Bertz CT molecular complexity index is 663. The van der Waals surface area contributed by atoms with E-state index in [4.69, 9.17) is 9.84 Å². The van der Waals surface area contributed by atoms with E-state index in [2.05, 4.69) is 0 Å². The first-order valence-corrected chi connectivity index (χ1v) is 9.00. The van der Waals surface area contributed by atoms with E-state index in [1.54, 1.807) is 21.9 Å². The number of nitrogens with zero attached hydrogens (tertiary/aromatic N) is 2. The zero-order chi connectivity index (χ0) is 18.5. The Morgan fingerprint density at radius 1 is 1.15 bits per heavy atom. The van der Waals surface area contributed by atoms with Gasteiger partial charge in [0.15, 0.2) is 0 Å². The number of carboxylic acid groups (broad SMARTS) is 1. The monoisotopic (exact) mass is 360 g/mol. The number of aliphatic carboxylic acids is 1. The number of rotatable bonds is 4. The summed E-state index contributed by atoms with van der Waals surface area (Å²) in [5.74, 6) is -1.36. The molecule has 1 aromatic rings. The molecule has 7 heteroatoms. The summed E-state index contributed by atoms with van der Waals surface area (Å²) in [4.78, 5) is 40.1. The van der Waals surface area contributed by atoms with Crippen LogP contribution in [0.4, 0.5) is 0 Å². The van der Waals surface area contributed by atoms with Crippen LogP contribution in [0.2, 0.25) is 0 Å². The molecule has 0 aliphatic carbocycles. The molecule has 0 bridgehead atoms. The molecule has 2 aliphatic rings. The van der Waals surface area contributed by atoms with Crippen molar-refractivity contribution in [1.82, 2.24) is 9.80 Å². The molecule has 2 saturated heterocycles. The predicted molar refractivity (Wildman–Crippen MR) is 93.6 cm³/mol. The largest absolute Gasteiger partial charge is 0.481 e. The molecule has 2 fully saturated rings. The number of carbonyl (C=O) groups is 3. The average molecular weight is 360 g/mol. The summed E-state index contributed by atoms with van der Waals surface area (Å²) in [6.07, 6.45) is 1.36. The van der Waals surface area contributed by atoms with Gasteiger partial charge in [-0.25, -0.2) is 0 Å². The van der Waals surface area contributed by atoms with Crippen molar-refractivity contribution >= 4 is 17.8 Å². The third kappa shape index (κ3) is 4.22. The van der Waals surface area contributed by atoms with Crippen molar-refractivity contribution in [2.75, 3.05) is 32.8 Å². The van der Waals surface area contributed by atoms with Crippen LogP contribution in [0.1, 0.15) is 29.6 Å². The predicted octanol–water partition coefficient (Wildman–Crippen LogP) is 1.24. The number of benzene rings is 1. The molecule has 0 spiro atoms. The van der Waals surface area contributed by atoms with E-state index in [-0.39, 0.29) is 30.8 Å². The number of hydrogen-bond donors (Lipinski definition) is 1. The zero-order valence-corrected chi connectivity index (χ0v) is 14.7. The highest BCUT2D eigenvalue weighted by Gasteiger charge is 2.36.